The Kier molecular flexibility index (Phi) is 3.01. The Morgan fingerprint density at radius 2 is 2.00 bits per heavy atom. The Morgan fingerprint density at radius 1 is 1.25 bits per heavy atom. The third-order valence-corrected chi connectivity index (χ3v) is 2.54. The highest BCUT2D eigenvalue weighted by molar-refractivity contribution is 6.52. The van der Waals surface area contributed by atoms with Gasteiger partial charge >= 0.3 is 0 Å². The number of hydrogen-bond acceptors (Lipinski definition) is 3. The van der Waals surface area contributed by atoms with Crippen molar-refractivity contribution in [3.8, 4) is 0 Å². The third-order valence-electron chi connectivity index (χ3n) is 2.54. The van der Waals surface area contributed by atoms with Crippen molar-refractivity contribution in [1.82, 2.24) is 0 Å². The number of amides is 1. The van der Waals surface area contributed by atoms with Gasteiger partial charge in [-0.1, -0.05) is 12.1 Å². The van der Waals surface area contributed by atoms with Crippen molar-refractivity contribution in [3.63, 3.8) is 0 Å². The smallest absolute Gasteiger partial charge is 0.299 e. The molecule has 0 radical (unpaired) electrons. The molecule has 1 heterocycles. The highest BCUT2D eigenvalue weighted by atomic mass is 16.5. The van der Waals surface area contributed by atoms with Crippen molar-refractivity contribution in [2.45, 2.75) is 6.92 Å². The minimum atomic E-state index is -0.457. The summed E-state index contributed by atoms with van der Waals surface area (Å²) in [5, 5.41) is 0. The fourth-order valence-electron chi connectivity index (χ4n) is 1.77. The number of carbonyl (C=O) groups is 2. The lowest BCUT2D eigenvalue weighted by molar-refractivity contribution is -0.114. The first-order chi connectivity index (χ1) is 7.75. The van der Waals surface area contributed by atoms with Crippen LogP contribution in [0.2, 0.25) is 0 Å². The van der Waals surface area contributed by atoms with Crippen molar-refractivity contribution in [2.24, 2.45) is 0 Å². The summed E-state index contributed by atoms with van der Waals surface area (Å²) in [5.74, 6) is -0.881. The first-order valence-electron chi connectivity index (χ1n) is 5.28. The van der Waals surface area contributed by atoms with E-state index in [2.05, 4.69) is 0 Å². The number of ether oxygens (including phenoxy) is 1. The average molecular weight is 219 g/mol. The molecule has 0 N–H and O–H groups in total. The zero-order valence-electron chi connectivity index (χ0n) is 9.10. The van der Waals surface area contributed by atoms with Gasteiger partial charge in [-0.05, 0) is 19.1 Å². The lowest BCUT2D eigenvalue weighted by Crippen LogP contribution is -2.32. The number of carbonyl (C=O) groups excluding carboxylic acids is 2. The number of anilines is 1. The number of hydrogen-bond donors (Lipinski definition) is 0. The Balaban J connectivity index is 2.20. The molecular weight excluding hydrogens is 206 g/mol. The van der Waals surface area contributed by atoms with Crippen LogP contribution in [-0.4, -0.2) is 31.4 Å². The second kappa shape index (κ2) is 4.45. The van der Waals surface area contributed by atoms with Crippen LogP contribution >= 0.6 is 0 Å². The number of Topliss-reactive ketones (excluding diaryl/α,β-unsaturated/α-hetero) is 1. The minimum absolute atomic E-state index is 0.424. The van der Waals surface area contributed by atoms with Gasteiger partial charge < -0.3 is 9.64 Å². The van der Waals surface area contributed by atoms with Crippen LogP contribution in [0.3, 0.4) is 0 Å². The Hall–Kier alpha value is -1.68. The van der Waals surface area contributed by atoms with Crippen LogP contribution in [0.25, 0.3) is 0 Å². The zero-order chi connectivity index (χ0) is 11.5. The highest BCUT2D eigenvalue weighted by Gasteiger charge is 2.34. The molecule has 0 fully saturated rings. The number of para-hydroxylation sites is 1. The van der Waals surface area contributed by atoms with Crippen molar-refractivity contribution >= 4 is 17.4 Å². The maximum Gasteiger partial charge on any atom is 0.299 e. The second-order valence-electron chi connectivity index (χ2n) is 3.50. The summed E-state index contributed by atoms with van der Waals surface area (Å²) in [6, 6.07) is 7.04. The first-order valence-corrected chi connectivity index (χ1v) is 5.28. The predicted octanol–water partition coefficient (Wildman–Crippen LogP) is 1.25. The molecule has 2 rings (SSSR count). The van der Waals surface area contributed by atoms with Gasteiger partial charge in [0, 0.05) is 13.2 Å². The monoisotopic (exact) mass is 219 g/mol. The molecule has 1 amide bonds. The number of rotatable bonds is 4. The van der Waals surface area contributed by atoms with Gasteiger partial charge in [0.15, 0.2) is 0 Å². The van der Waals surface area contributed by atoms with Crippen LogP contribution in [-0.2, 0) is 9.53 Å². The minimum Gasteiger partial charge on any atom is -0.380 e. The van der Waals surface area contributed by atoms with Crippen molar-refractivity contribution < 1.29 is 14.3 Å². The third kappa shape index (κ3) is 1.72. The highest BCUT2D eigenvalue weighted by Crippen LogP contribution is 2.27. The maximum absolute atomic E-state index is 11.7. The van der Waals surface area contributed by atoms with Gasteiger partial charge in [0.25, 0.3) is 11.7 Å². The van der Waals surface area contributed by atoms with Crippen LogP contribution in [0.15, 0.2) is 24.3 Å². The molecule has 0 spiro atoms. The number of nitrogens with zero attached hydrogens (tertiary/aromatic N) is 1. The van der Waals surface area contributed by atoms with E-state index >= 15 is 0 Å². The molecule has 1 aliphatic rings. The fourth-order valence-corrected chi connectivity index (χ4v) is 1.77. The standard InChI is InChI=1S/C12H13NO3/c1-2-16-8-7-13-10-6-4-3-5-9(10)11(14)12(13)15/h3-6H,2,7-8H2,1H3. The van der Waals surface area contributed by atoms with Crippen LogP contribution in [0.4, 0.5) is 5.69 Å². The molecule has 4 heteroatoms. The van der Waals surface area contributed by atoms with Gasteiger partial charge in [0.2, 0.25) is 0 Å². The molecule has 0 aromatic heterocycles. The van der Waals surface area contributed by atoms with Crippen molar-refractivity contribution in [3.05, 3.63) is 29.8 Å². The molecule has 0 saturated heterocycles. The zero-order valence-corrected chi connectivity index (χ0v) is 9.10. The summed E-state index contributed by atoms with van der Waals surface area (Å²) in [6.07, 6.45) is 0. The molecule has 1 aromatic carbocycles. The molecule has 16 heavy (non-hydrogen) atoms. The van der Waals surface area contributed by atoms with Gasteiger partial charge in [-0.2, -0.15) is 0 Å². The molecule has 4 nitrogen and oxygen atoms in total. The van der Waals surface area contributed by atoms with E-state index < -0.39 is 11.7 Å². The van der Waals surface area contributed by atoms with Crippen LogP contribution in [0, 0.1) is 0 Å². The number of benzene rings is 1. The number of fused-ring (bicyclic) bond motifs is 1. The summed E-state index contributed by atoms with van der Waals surface area (Å²) in [7, 11) is 0. The largest absolute Gasteiger partial charge is 0.380 e. The second-order valence-corrected chi connectivity index (χ2v) is 3.50. The van der Waals surface area contributed by atoms with E-state index in [4.69, 9.17) is 4.74 Å². The summed E-state index contributed by atoms with van der Waals surface area (Å²) in [4.78, 5) is 24.8. The Morgan fingerprint density at radius 3 is 2.75 bits per heavy atom. The normalized spacial score (nSPS) is 14.4. The Labute approximate surface area is 93.8 Å². The first kappa shape index (κ1) is 10.8. The molecule has 0 bridgehead atoms. The molecule has 0 atom stereocenters. The molecule has 0 aliphatic carbocycles. The number of ketones is 1. The van der Waals surface area contributed by atoms with E-state index in [1.807, 2.05) is 13.0 Å². The van der Waals surface area contributed by atoms with E-state index in [0.29, 0.717) is 31.0 Å². The van der Waals surface area contributed by atoms with Crippen LogP contribution in [0.5, 0.6) is 0 Å². The Bertz CT molecular complexity index is 428. The summed E-state index contributed by atoms with van der Waals surface area (Å²) < 4.78 is 5.19. The summed E-state index contributed by atoms with van der Waals surface area (Å²) in [6.45, 7) is 3.38. The molecule has 0 unspecified atom stereocenters. The lowest BCUT2D eigenvalue weighted by Gasteiger charge is -2.15. The lowest BCUT2D eigenvalue weighted by atomic mass is 10.1. The molecule has 84 valence electrons. The molecular formula is C12H13NO3. The van der Waals surface area contributed by atoms with Gasteiger partial charge in [-0.3, -0.25) is 9.59 Å². The SMILES string of the molecule is CCOCCN1C(=O)C(=O)c2ccccc21. The molecule has 1 aliphatic heterocycles. The van der Waals surface area contributed by atoms with E-state index in [-0.39, 0.29) is 0 Å². The fraction of sp³-hybridized carbons (Fsp3) is 0.333. The van der Waals surface area contributed by atoms with Gasteiger partial charge in [0.05, 0.1) is 17.9 Å². The van der Waals surface area contributed by atoms with E-state index in [1.165, 1.54) is 4.90 Å². The summed E-state index contributed by atoms with van der Waals surface area (Å²) >= 11 is 0. The molecule has 0 saturated carbocycles. The van der Waals surface area contributed by atoms with E-state index in [9.17, 15) is 9.59 Å². The predicted molar refractivity (Wildman–Crippen MR) is 59.6 cm³/mol. The van der Waals surface area contributed by atoms with Gasteiger partial charge in [0.1, 0.15) is 0 Å². The maximum atomic E-state index is 11.7. The average Bonchev–Trinajstić information content (AvgIpc) is 2.55. The van der Waals surface area contributed by atoms with Crippen molar-refractivity contribution in [1.29, 1.82) is 0 Å². The van der Waals surface area contributed by atoms with Crippen LogP contribution < -0.4 is 4.90 Å². The topological polar surface area (TPSA) is 46.6 Å². The quantitative estimate of drug-likeness (QED) is 0.565. The van der Waals surface area contributed by atoms with E-state index in [1.54, 1.807) is 18.2 Å². The van der Waals surface area contributed by atoms with E-state index in [0.717, 1.165) is 0 Å². The van der Waals surface area contributed by atoms with Crippen molar-refractivity contribution in [2.75, 3.05) is 24.7 Å². The van der Waals surface area contributed by atoms with Crippen LogP contribution in [0.1, 0.15) is 17.3 Å². The van der Waals surface area contributed by atoms with Gasteiger partial charge in [-0.25, -0.2) is 0 Å². The van der Waals surface area contributed by atoms with Gasteiger partial charge in [-0.15, -0.1) is 0 Å². The molecule has 1 aromatic rings. The summed E-state index contributed by atoms with van der Waals surface area (Å²) in [5.41, 5.74) is 1.18.